The van der Waals surface area contributed by atoms with Crippen LogP contribution in [-0.4, -0.2) is 42.4 Å². The number of rotatable bonds is 17. The highest BCUT2D eigenvalue weighted by Crippen LogP contribution is 2.17. The Morgan fingerprint density at radius 2 is 0.870 bits per heavy atom. The highest BCUT2D eigenvalue weighted by Gasteiger charge is 2.25. The maximum Gasteiger partial charge on any atom is 0.102 e. The van der Waals surface area contributed by atoms with Crippen LogP contribution < -0.4 is 17.0 Å². The van der Waals surface area contributed by atoms with Crippen molar-refractivity contribution in [2.24, 2.45) is 0 Å². The Morgan fingerprint density at radius 3 is 1.13 bits per heavy atom. The zero-order valence-corrected chi connectivity index (χ0v) is 17.9. The quantitative estimate of drug-likeness (QED) is 0.297. The lowest BCUT2D eigenvalue weighted by atomic mass is 10.1. The first-order chi connectivity index (χ1) is 10.7. The molecule has 2 nitrogen and oxygen atoms in total. The zero-order valence-electron chi connectivity index (χ0n) is 16.3. The third-order valence-electron chi connectivity index (χ3n) is 5.03. The van der Waals surface area contributed by atoms with Gasteiger partial charge in [-0.15, -0.1) is 0 Å². The van der Waals surface area contributed by atoms with Gasteiger partial charge in [0.2, 0.25) is 0 Å². The maximum absolute atomic E-state index is 9.59. The monoisotopic (exact) mass is 393 g/mol. The maximum atomic E-state index is 9.59. The van der Waals surface area contributed by atoms with E-state index in [9.17, 15) is 5.11 Å². The van der Waals surface area contributed by atoms with E-state index in [0.29, 0.717) is 6.61 Å². The summed E-state index contributed by atoms with van der Waals surface area (Å²) in [5, 5.41) is 9.59. The topological polar surface area (TPSA) is 20.2 Å². The Balaban J connectivity index is 0. The molecule has 0 aromatic carbocycles. The van der Waals surface area contributed by atoms with Gasteiger partial charge in [0, 0.05) is 0 Å². The van der Waals surface area contributed by atoms with Gasteiger partial charge < -0.3 is 26.6 Å². The van der Waals surface area contributed by atoms with Gasteiger partial charge in [-0.1, -0.05) is 59.3 Å². The van der Waals surface area contributed by atoms with E-state index in [4.69, 9.17) is 0 Å². The molecule has 0 aromatic rings. The molecule has 1 N–H and O–H groups in total. The molecule has 0 saturated carbocycles. The van der Waals surface area contributed by atoms with E-state index < -0.39 is 0 Å². The fourth-order valence-electron chi connectivity index (χ4n) is 3.50. The Kier molecular flexibility index (Phi) is 20.9. The lowest BCUT2D eigenvalue weighted by Gasteiger charge is -2.39. The minimum atomic E-state index is 0. The number of aliphatic hydroxyl groups excluding tert-OH is 1. The number of hydrogen-bond donors (Lipinski definition) is 1. The third kappa shape index (κ3) is 14.4. The molecular weight excluding hydrogens is 350 g/mol. The molecule has 142 valence electrons. The number of hydrogen-bond acceptors (Lipinski definition) is 1. The van der Waals surface area contributed by atoms with E-state index in [-0.39, 0.29) is 17.0 Å². The third-order valence-corrected chi connectivity index (χ3v) is 5.03. The van der Waals surface area contributed by atoms with E-state index in [1.165, 1.54) is 101 Å². The molecule has 0 amide bonds. The fourth-order valence-corrected chi connectivity index (χ4v) is 3.50. The van der Waals surface area contributed by atoms with Gasteiger partial charge in [-0.2, -0.15) is 0 Å². The summed E-state index contributed by atoms with van der Waals surface area (Å²) in [6, 6.07) is 0. The molecule has 0 fully saturated rings. The largest absolute Gasteiger partial charge is 1.00 e. The molecule has 0 rings (SSSR count). The van der Waals surface area contributed by atoms with Crippen LogP contribution in [0.15, 0.2) is 0 Å². The van der Waals surface area contributed by atoms with Crippen LogP contribution in [0.2, 0.25) is 0 Å². The highest BCUT2D eigenvalue weighted by atomic mass is 79.9. The molecule has 0 spiro atoms. The number of quaternary nitrogens is 1. The molecule has 0 heterocycles. The summed E-state index contributed by atoms with van der Waals surface area (Å²) in [5.41, 5.74) is 0. The normalized spacial score (nSPS) is 11.5. The lowest BCUT2D eigenvalue weighted by Crippen LogP contribution is -3.00. The van der Waals surface area contributed by atoms with Crippen molar-refractivity contribution < 1.29 is 26.6 Å². The molecular formula is C20H44BrNO. The molecule has 0 radical (unpaired) electrons. The molecule has 0 aliphatic rings. The Labute approximate surface area is 157 Å². The second-order valence-corrected chi connectivity index (χ2v) is 7.14. The average molecular weight is 394 g/mol. The Bertz CT molecular complexity index is 192. The Hall–Kier alpha value is 0.400. The summed E-state index contributed by atoms with van der Waals surface area (Å²) in [5.74, 6) is 0. The highest BCUT2D eigenvalue weighted by molar-refractivity contribution is 4.51. The SMILES string of the molecule is CCCCCC[N+](CCO)(CCCCCC)CCCCCC.[Br-]. The van der Waals surface area contributed by atoms with Gasteiger partial charge in [-0.3, -0.25) is 0 Å². The van der Waals surface area contributed by atoms with Crippen molar-refractivity contribution in [2.45, 2.75) is 97.8 Å². The fraction of sp³-hybridized carbons (Fsp3) is 1.00. The van der Waals surface area contributed by atoms with Crippen LogP contribution in [0, 0.1) is 0 Å². The van der Waals surface area contributed by atoms with Crippen LogP contribution in [0.5, 0.6) is 0 Å². The smallest absolute Gasteiger partial charge is 0.102 e. The zero-order chi connectivity index (χ0) is 16.5. The van der Waals surface area contributed by atoms with Crippen molar-refractivity contribution in [1.29, 1.82) is 0 Å². The molecule has 0 saturated heterocycles. The van der Waals surface area contributed by atoms with E-state index >= 15 is 0 Å². The van der Waals surface area contributed by atoms with E-state index in [2.05, 4.69) is 20.8 Å². The predicted molar refractivity (Wildman–Crippen MR) is 99.2 cm³/mol. The average Bonchev–Trinajstić information content (AvgIpc) is 2.53. The van der Waals surface area contributed by atoms with Crippen molar-refractivity contribution in [3.63, 3.8) is 0 Å². The van der Waals surface area contributed by atoms with Crippen molar-refractivity contribution >= 4 is 0 Å². The summed E-state index contributed by atoms with van der Waals surface area (Å²) < 4.78 is 1.19. The van der Waals surface area contributed by atoms with Gasteiger partial charge in [0.1, 0.15) is 6.54 Å². The van der Waals surface area contributed by atoms with Crippen LogP contribution in [0.3, 0.4) is 0 Å². The molecule has 0 bridgehead atoms. The standard InChI is InChI=1S/C20H44NO.BrH/c1-4-7-10-13-16-21(19-20-22,17-14-11-8-5-2)18-15-12-9-6-3;/h22H,4-20H2,1-3H3;1H/q+1;/p-1. The van der Waals surface area contributed by atoms with E-state index in [1.54, 1.807) is 0 Å². The van der Waals surface area contributed by atoms with Crippen LogP contribution in [0.4, 0.5) is 0 Å². The van der Waals surface area contributed by atoms with Crippen molar-refractivity contribution in [1.82, 2.24) is 0 Å². The van der Waals surface area contributed by atoms with Crippen molar-refractivity contribution in [3.8, 4) is 0 Å². The summed E-state index contributed by atoms with van der Waals surface area (Å²) in [4.78, 5) is 0. The first-order valence-corrected chi connectivity index (χ1v) is 10.2. The minimum Gasteiger partial charge on any atom is -1.00 e. The van der Waals surface area contributed by atoms with Crippen LogP contribution in [0.25, 0.3) is 0 Å². The van der Waals surface area contributed by atoms with E-state index in [1.807, 2.05) is 0 Å². The van der Waals surface area contributed by atoms with Crippen LogP contribution in [0.1, 0.15) is 97.8 Å². The van der Waals surface area contributed by atoms with Gasteiger partial charge in [0.15, 0.2) is 0 Å². The summed E-state index contributed by atoms with van der Waals surface area (Å²) in [6.45, 7) is 12.1. The number of aliphatic hydroxyl groups is 1. The van der Waals surface area contributed by atoms with Crippen molar-refractivity contribution in [3.05, 3.63) is 0 Å². The van der Waals surface area contributed by atoms with Crippen molar-refractivity contribution in [2.75, 3.05) is 32.8 Å². The van der Waals surface area contributed by atoms with Gasteiger partial charge in [0.25, 0.3) is 0 Å². The second-order valence-electron chi connectivity index (χ2n) is 7.14. The molecule has 23 heavy (non-hydrogen) atoms. The molecule has 0 aliphatic carbocycles. The molecule has 0 unspecified atom stereocenters. The van der Waals surface area contributed by atoms with Gasteiger partial charge in [-0.25, -0.2) is 0 Å². The number of unbranched alkanes of at least 4 members (excludes halogenated alkanes) is 9. The summed E-state index contributed by atoms with van der Waals surface area (Å²) in [6.07, 6.45) is 16.2. The molecule has 3 heteroatoms. The van der Waals surface area contributed by atoms with E-state index in [0.717, 1.165) is 6.54 Å². The lowest BCUT2D eigenvalue weighted by molar-refractivity contribution is -0.929. The van der Waals surface area contributed by atoms with Crippen LogP contribution in [-0.2, 0) is 0 Å². The van der Waals surface area contributed by atoms with Gasteiger partial charge in [-0.05, 0) is 38.5 Å². The molecule has 0 atom stereocenters. The molecule has 0 aliphatic heterocycles. The Morgan fingerprint density at radius 1 is 0.522 bits per heavy atom. The van der Waals surface area contributed by atoms with Crippen LogP contribution >= 0.6 is 0 Å². The molecule has 0 aromatic heterocycles. The van der Waals surface area contributed by atoms with Gasteiger partial charge >= 0.3 is 0 Å². The minimum absolute atomic E-state index is 0. The summed E-state index contributed by atoms with van der Waals surface area (Å²) >= 11 is 0. The first-order valence-electron chi connectivity index (χ1n) is 10.2. The second kappa shape index (κ2) is 18.7. The predicted octanol–water partition coefficient (Wildman–Crippen LogP) is 2.54. The number of nitrogens with zero attached hydrogens (tertiary/aromatic N) is 1. The van der Waals surface area contributed by atoms with Gasteiger partial charge in [0.05, 0.1) is 26.2 Å². The first kappa shape index (κ1) is 25.6. The summed E-state index contributed by atoms with van der Waals surface area (Å²) in [7, 11) is 0. The number of halogens is 1.